The minimum atomic E-state index is 0.605. The second-order valence-electron chi connectivity index (χ2n) is 2.05. The fourth-order valence-electron chi connectivity index (χ4n) is 0.605. The first-order valence-corrected chi connectivity index (χ1v) is 3.74. The molecule has 0 aromatic carbocycles. The van der Waals surface area contributed by atoms with Crippen molar-refractivity contribution in [2.24, 2.45) is 4.99 Å². The first kappa shape index (κ1) is 9.95. The third-order valence-corrected chi connectivity index (χ3v) is 1.14. The van der Waals surface area contributed by atoms with E-state index in [9.17, 15) is 0 Å². The van der Waals surface area contributed by atoms with Gasteiger partial charge in [0.15, 0.2) is 0 Å². The predicted molar refractivity (Wildman–Crippen MR) is 48.7 cm³/mol. The van der Waals surface area contributed by atoms with Gasteiger partial charge in [-0.25, -0.2) is 4.99 Å². The van der Waals surface area contributed by atoms with Crippen molar-refractivity contribution in [3.05, 3.63) is 24.9 Å². The molecule has 0 aliphatic heterocycles. The lowest BCUT2D eigenvalue weighted by molar-refractivity contribution is 0.407. The fourth-order valence-corrected chi connectivity index (χ4v) is 0.605. The molecule has 0 N–H and O–H groups in total. The van der Waals surface area contributed by atoms with Crippen LogP contribution in [-0.2, 0) is 4.74 Å². The minimum absolute atomic E-state index is 0.605. The highest BCUT2D eigenvalue weighted by atomic mass is 16.5. The molecule has 0 amide bonds. The van der Waals surface area contributed by atoms with Gasteiger partial charge in [0, 0.05) is 6.20 Å². The van der Waals surface area contributed by atoms with Crippen LogP contribution in [0.25, 0.3) is 0 Å². The van der Waals surface area contributed by atoms with Gasteiger partial charge in [-0.2, -0.15) is 0 Å². The summed E-state index contributed by atoms with van der Waals surface area (Å²) in [6, 6.07) is 0. The molecule has 0 unspecified atom stereocenters. The summed E-state index contributed by atoms with van der Waals surface area (Å²) in [4.78, 5) is 3.89. The van der Waals surface area contributed by atoms with Gasteiger partial charge in [-0.05, 0) is 12.5 Å². The SMILES string of the molecule is C=CN=C(/C=C/CCC)OC. The van der Waals surface area contributed by atoms with Gasteiger partial charge in [0.25, 0.3) is 0 Å². The zero-order valence-corrected chi connectivity index (χ0v) is 7.21. The van der Waals surface area contributed by atoms with Crippen molar-refractivity contribution in [2.75, 3.05) is 7.11 Å². The van der Waals surface area contributed by atoms with Crippen LogP contribution < -0.4 is 0 Å². The summed E-state index contributed by atoms with van der Waals surface area (Å²) < 4.78 is 4.93. The van der Waals surface area contributed by atoms with E-state index >= 15 is 0 Å². The van der Waals surface area contributed by atoms with E-state index in [0.29, 0.717) is 5.90 Å². The van der Waals surface area contributed by atoms with E-state index in [1.54, 1.807) is 7.11 Å². The fraction of sp³-hybridized carbons (Fsp3) is 0.444. The highest BCUT2D eigenvalue weighted by Gasteiger charge is 1.85. The van der Waals surface area contributed by atoms with E-state index < -0.39 is 0 Å². The van der Waals surface area contributed by atoms with Crippen LogP contribution in [0.5, 0.6) is 0 Å². The molecule has 0 bridgehead atoms. The number of methoxy groups -OCH3 is 1. The van der Waals surface area contributed by atoms with E-state index in [1.165, 1.54) is 6.20 Å². The average molecular weight is 153 g/mol. The van der Waals surface area contributed by atoms with Crippen LogP contribution in [0.4, 0.5) is 0 Å². The van der Waals surface area contributed by atoms with Crippen LogP contribution in [-0.4, -0.2) is 13.0 Å². The maximum absolute atomic E-state index is 4.93. The number of unbranched alkanes of at least 4 members (excludes halogenated alkanes) is 1. The molecule has 0 aliphatic carbocycles. The van der Waals surface area contributed by atoms with E-state index in [2.05, 4.69) is 18.5 Å². The second kappa shape index (κ2) is 7.06. The minimum Gasteiger partial charge on any atom is -0.481 e. The molecular formula is C9H15NO. The van der Waals surface area contributed by atoms with Crippen molar-refractivity contribution < 1.29 is 4.74 Å². The molecule has 2 heteroatoms. The molecule has 11 heavy (non-hydrogen) atoms. The summed E-state index contributed by atoms with van der Waals surface area (Å²) in [7, 11) is 1.60. The Kier molecular flexibility index (Phi) is 6.39. The molecule has 0 saturated heterocycles. The third-order valence-electron chi connectivity index (χ3n) is 1.14. The van der Waals surface area contributed by atoms with Crippen LogP contribution in [0.1, 0.15) is 19.8 Å². The van der Waals surface area contributed by atoms with E-state index in [-0.39, 0.29) is 0 Å². The van der Waals surface area contributed by atoms with Crippen molar-refractivity contribution in [3.63, 3.8) is 0 Å². The maximum Gasteiger partial charge on any atom is 0.212 e. The van der Waals surface area contributed by atoms with Gasteiger partial charge < -0.3 is 4.74 Å². The molecule has 0 saturated carbocycles. The number of hydrogen-bond donors (Lipinski definition) is 0. The van der Waals surface area contributed by atoms with Gasteiger partial charge in [0.1, 0.15) is 0 Å². The lowest BCUT2D eigenvalue weighted by Gasteiger charge is -1.95. The molecule has 0 aromatic heterocycles. The zero-order valence-electron chi connectivity index (χ0n) is 7.21. The van der Waals surface area contributed by atoms with E-state index in [4.69, 9.17) is 4.74 Å². The Morgan fingerprint density at radius 1 is 1.64 bits per heavy atom. The normalized spacial score (nSPS) is 12.0. The Balaban J connectivity index is 3.86. The lowest BCUT2D eigenvalue weighted by Crippen LogP contribution is -1.94. The quantitative estimate of drug-likeness (QED) is 0.449. The van der Waals surface area contributed by atoms with Crippen LogP contribution in [0, 0.1) is 0 Å². The van der Waals surface area contributed by atoms with Gasteiger partial charge in [0.05, 0.1) is 7.11 Å². The molecule has 0 heterocycles. The molecule has 0 aliphatic rings. The Bertz CT molecular complexity index is 159. The molecule has 0 fully saturated rings. The summed E-state index contributed by atoms with van der Waals surface area (Å²) in [6.07, 6.45) is 7.55. The molecular weight excluding hydrogens is 138 g/mol. The number of nitrogens with zero attached hydrogens (tertiary/aromatic N) is 1. The van der Waals surface area contributed by atoms with Crippen LogP contribution >= 0.6 is 0 Å². The van der Waals surface area contributed by atoms with Crippen LogP contribution in [0.15, 0.2) is 29.9 Å². The first-order chi connectivity index (χ1) is 5.35. The highest BCUT2D eigenvalue weighted by molar-refractivity contribution is 5.87. The van der Waals surface area contributed by atoms with Crippen molar-refractivity contribution in [3.8, 4) is 0 Å². The standard InChI is InChI=1S/C9H15NO/c1-4-6-7-8-9(11-3)10-5-2/h5,7-8H,2,4,6H2,1,3H3/b8-7+,10-9?. The lowest BCUT2D eigenvalue weighted by atomic mass is 10.3. The monoisotopic (exact) mass is 153 g/mol. The van der Waals surface area contributed by atoms with Crippen molar-refractivity contribution >= 4 is 5.90 Å². The van der Waals surface area contributed by atoms with Crippen molar-refractivity contribution in [1.82, 2.24) is 0 Å². The van der Waals surface area contributed by atoms with Crippen molar-refractivity contribution in [2.45, 2.75) is 19.8 Å². The molecule has 0 radical (unpaired) electrons. The number of allylic oxidation sites excluding steroid dienone is 1. The number of aliphatic imine (C=N–C) groups is 1. The topological polar surface area (TPSA) is 21.6 Å². The Hall–Kier alpha value is -1.05. The molecule has 0 aromatic rings. The van der Waals surface area contributed by atoms with Gasteiger partial charge >= 0.3 is 0 Å². The molecule has 0 spiro atoms. The van der Waals surface area contributed by atoms with Gasteiger partial charge in [-0.3, -0.25) is 0 Å². The summed E-state index contributed by atoms with van der Waals surface area (Å²) in [5, 5.41) is 0. The average Bonchev–Trinajstić information content (AvgIpc) is 2.03. The van der Waals surface area contributed by atoms with Gasteiger partial charge in [-0.15, -0.1) is 0 Å². The Morgan fingerprint density at radius 2 is 2.36 bits per heavy atom. The predicted octanol–water partition coefficient (Wildman–Crippen LogP) is 2.53. The van der Waals surface area contributed by atoms with Crippen LogP contribution in [0.2, 0.25) is 0 Å². The number of rotatable bonds is 4. The Morgan fingerprint density at radius 3 is 2.82 bits per heavy atom. The van der Waals surface area contributed by atoms with Gasteiger partial charge in [0.2, 0.25) is 5.90 Å². The molecule has 0 atom stereocenters. The van der Waals surface area contributed by atoms with E-state index in [1.807, 2.05) is 12.2 Å². The van der Waals surface area contributed by atoms with E-state index in [0.717, 1.165) is 12.8 Å². The van der Waals surface area contributed by atoms with Crippen molar-refractivity contribution in [1.29, 1.82) is 0 Å². The second-order valence-corrected chi connectivity index (χ2v) is 2.05. The molecule has 0 rings (SSSR count). The molecule has 2 nitrogen and oxygen atoms in total. The Labute approximate surface area is 68.3 Å². The molecule has 62 valence electrons. The first-order valence-electron chi connectivity index (χ1n) is 3.74. The number of hydrogen-bond acceptors (Lipinski definition) is 2. The third kappa shape index (κ3) is 5.40. The van der Waals surface area contributed by atoms with Gasteiger partial charge in [-0.1, -0.05) is 26.0 Å². The summed E-state index contributed by atoms with van der Waals surface area (Å²) in [6.45, 7) is 5.60. The summed E-state index contributed by atoms with van der Waals surface area (Å²) >= 11 is 0. The highest BCUT2D eigenvalue weighted by Crippen LogP contribution is 1.91. The summed E-state index contributed by atoms with van der Waals surface area (Å²) in [5.41, 5.74) is 0. The summed E-state index contributed by atoms with van der Waals surface area (Å²) in [5.74, 6) is 0.605. The largest absolute Gasteiger partial charge is 0.481 e. The zero-order chi connectivity index (χ0) is 8.53. The number of ether oxygens (including phenoxy) is 1. The van der Waals surface area contributed by atoms with Crippen LogP contribution in [0.3, 0.4) is 0 Å². The smallest absolute Gasteiger partial charge is 0.212 e. The maximum atomic E-state index is 4.93.